The molecule has 0 saturated heterocycles. The van der Waals surface area contributed by atoms with Gasteiger partial charge in [0.25, 0.3) is 5.91 Å². The third-order valence-corrected chi connectivity index (χ3v) is 3.91. The van der Waals surface area contributed by atoms with Gasteiger partial charge in [0.1, 0.15) is 11.5 Å². The number of halogens is 1. The van der Waals surface area contributed by atoms with Crippen LogP contribution in [0.1, 0.15) is 16.1 Å². The second kappa shape index (κ2) is 7.23. The number of hydrogen-bond acceptors (Lipinski definition) is 3. The van der Waals surface area contributed by atoms with Gasteiger partial charge < -0.3 is 14.5 Å². The summed E-state index contributed by atoms with van der Waals surface area (Å²) in [6.07, 6.45) is 0. The fourth-order valence-electron chi connectivity index (χ4n) is 2.28. The molecule has 0 aliphatic carbocycles. The zero-order valence-corrected chi connectivity index (χ0v) is 13.8. The van der Waals surface area contributed by atoms with Gasteiger partial charge in [-0.05, 0) is 42.0 Å². The van der Waals surface area contributed by atoms with Crippen molar-refractivity contribution in [1.82, 2.24) is 5.32 Å². The number of methoxy groups -OCH3 is 1. The zero-order valence-electron chi connectivity index (χ0n) is 13.1. The van der Waals surface area contributed by atoms with Crippen LogP contribution >= 0.6 is 11.6 Å². The molecular formula is C19H16ClNO3. The first-order valence-electron chi connectivity index (χ1n) is 7.43. The Morgan fingerprint density at radius 2 is 1.83 bits per heavy atom. The molecule has 4 nitrogen and oxygen atoms in total. The quantitative estimate of drug-likeness (QED) is 0.741. The van der Waals surface area contributed by atoms with E-state index in [2.05, 4.69) is 5.32 Å². The van der Waals surface area contributed by atoms with E-state index in [0.717, 1.165) is 16.9 Å². The Balaban J connectivity index is 1.66. The Hall–Kier alpha value is -2.72. The van der Waals surface area contributed by atoms with Gasteiger partial charge in [0, 0.05) is 12.1 Å². The average Bonchev–Trinajstić information content (AvgIpc) is 3.10. The van der Waals surface area contributed by atoms with Crippen LogP contribution in [0.3, 0.4) is 0 Å². The summed E-state index contributed by atoms with van der Waals surface area (Å²) >= 11 is 6.14. The maximum Gasteiger partial charge on any atom is 0.287 e. The van der Waals surface area contributed by atoms with E-state index in [4.69, 9.17) is 20.8 Å². The molecule has 0 unspecified atom stereocenters. The predicted molar refractivity (Wildman–Crippen MR) is 93.3 cm³/mol. The maximum absolute atomic E-state index is 12.2. The van der Waals surface area contributed by atoms with Crippen LogP contribution in [0.25, 0.3) is 11.3 Å². The number of ether oxygens (including phenoxy) is 1. The van der Waals surface area contributed by atoms with E-state index in [1.807, 2.05) is 42.5 Å². The van der Waals surface area contributed by atoms with Crippen LogP contribution in [-0.4, -0.2) is 13.0 Å². The van der Waals surface area contributed by atoms with Crippen molar-refractivity contribution >= 4 is 17.5 Å². The minimum absolute atomic E-state index is 0.249. The normalized spacial score (nSPS) is 10.4. The van der Waals surface area contributed by atoms with Gasteiger partial charge in [0.15, 0.2) is 5.76 Å². The van der Waals surface area contributed by atoms with E-state index in [-0.39, 0.29) is 11.7 Å². The Morgan fingerprint density at radius 1 is 1.08 bits per heavy atom. The zero-order chi connectivity index (χ0) is 16.9. The molecule has 2 aromatic carbocycles. The lowest BCUT2D eigenvalue weighted by molar-refractivity contribution is 0.0924. The second-order valence-electron chi connectivity index (χ2n) is 5.17. The minimum atomic E-state index is -0.274. The molecule has 0 saturated carbocycles. The molecule has 1 N–H and O–H groups in total. The first-order valence-corrected chi connectivity index (χ1v) is 7.81. The van der Waals surface area contributed by atoms with Crippen molar-refractivity contribution in [1.29, 1.82) is 0 Å². The molecule has 0 fully saturated rings. The summed E-state index contributed by atoms with van der Waals surface area (Å²) in [6.45, 7) is 0.408. The molecule has 0 atom stereocenters. The first-order chi connectivity index (χ1) is 11.7. The monoisotopic (exact) mass is 341 g/mol. The largest absolute Gasteiger partial charge is 0.497 e. The van der Waals surface area contributed by atoms with Crippen LogP contribution in [0.15, 0.2) is 65.1 Å². The summed E-state index contributed by atoms with van der Waals surface area (Å²) in [5, 5.41) is 3.41. The van der Waals surface area contributed by atoms with Crippen LogP contribution in [0.5, 0.6) is 5.75 Å². The SMILES string of the molecule is COc1ccc(CNC(=O)c2ccc(-c3ccccc3Cl)o2)cc1. The van der Waals surface area contributed by atoms with Crippen molar-refractivity contribution in [2.45, 2.75) is 6.54 Å². The van der Waals surface area contributed by atoms with Gasteiger partial charge in [-0.25, -0.2) is 0 Å². The Labute approximate surface area is 145 Å². The number of carbonyl (C=O) groups excluding carboxylic acids is 1. The number of benzene rings is 2. The van der Waals surface area contributed by atoms with Crippen LogP contribution < -0.4 is 10.1 Å². The van der Waals surface area contributed by atoms with E-state index in [1.165, 1.54) is 0 Å². The summed E-state index contributed by atoms with van der Waals surface area (Å²) in [5.41, 5.74) is 1.73. The van der Waals surface area contributed by atoms with Crippen LogP contribution in [0.2, 0.25) is 5.02 Å². The first kappa shape index (κ1) is 16.1. The van der Waals surface area contributed by atoms with Gasteiger partial charge in [-0.15, -0.1) is 0 Å². The van der Waals surface area contributed by atoms with Crippen molar-refractivity contribution in [3.05, 3.63) is 77.0 Å². The second-order valence-corrected chi connectivity index (χ2v) is 5.58. The van der Waals surface area contributed by atoms with Crippen LogP contribution in [0, 0.1) is 0 Å². The lowest BCUT2D eigenvalue weighted by atomic mass is 10.2. The van der Waals surface area contributed by atoms with E-state index >= 15 is 0 Å². The molecule has 1 aromatic heterocycles. The summed E-state index contributed by atoms with van der Waals surface area (Å²) < 4.78 is 10.7. The van der Waals surface area contributed by atoms with E-state index in [1.54, 1.807) is 25.3 Å². The third kappa shape index (κ3) is 3.60. The molecule has 0 aliphatic heterocycles. The molecule has 0 bridgehead atoms. The predicted octanol–water partition coefficient (Wildman–Crippen LogP) is 4.54. The van der Waals surface area contributed by atoms with E-state index < -0.39 is 0 Å². The number of carbonyl (C=O) groups is 1. The molecule has 0 radical (unpaired) electrons. The topological polar surface area (TPSA) is 51.5 Å². The molecule has 3 rings (SSSR count). The molecular weight excluding hydrogens is 326 g/mol. The van der Waals surface area contributed by atoms with Gasteiger partial charge in [-0.2, -0.15) is 0 Å². The lowest BCUT2D eigenvalue weighted by Gasteiger charge is -2.05. The molecule has 24 heavy (non-hydrogen) atoms. The number of amides is 1. The Bertz CT molecular complexity index is 840. The highest BCUT2D eigenvalue weighted by atomic mass is 35.5. The summed E-state index contributed by atoms with van der Waals surface area (Å²) in [7, 11) is 1.62. The van der Waals surface area contributed by atoms with Crippen molar-refractivity contribution in [2.75, 3.05) is 7.11 Å². The highest BCUT2D eigenvalue weighted by Gasteiger charge is 2.13. The van der Waals surface area contributed by atoms with E-state index in [9.17, 15) is 4.79 Å². The number of hydrogen-bond donors (Lipinski definition) is 1. The Morgan fingerprint density at radius 3 is 2.54 bits per heavy atom. The summed E-state index contributed by atoms with van der Waals surface area (Å²) in [5.74, 6) is 1.32. The van der Waals surface area contributed by atoms with Gasteiger partial charge in [-0.3, -0.25) is 4.79 Å². The van der Waals surface area contributed by atoms with Crippen molar-refractivity contribution in [3.8, 4) is 17.1 Å². The molecule has 3 aromatic rings. The van der Waals surface area contributed by atoms with Gasteiger partial charge in [0.2, 0.25) is 0 Å². The van der Waals surface area contributed by atoms with Gasteiger partial charge in [-0.1, -0.05) is 35.9 Å². The number of rotatable bonds is 5. The van der Waals surface area contributed by atoms with Crippen LogP contribution in [0.4, 0.5) is 0 Å². The average molecular weight is 342 g/mol. The fourth-order valence-corrected chi connectivity index (χ4v) is 2.51. The fraction of sp³-hybridized carbons (Fsp3) is 0.105. The van der Waals surface area contributed by atoms with Gasteiger partial charge >= 0.3 is 0 Å². The summed E-state index contributed by atoms with van der Waals surface area (Å²) in [6, 6.07) is 18.2. The molecule has 0 aliphatic rings. The number of furan rings is 1. The molecule has 0 spiro atoms. The number of nitrogens with one attached hydrogen (secondary N) is 1. The van der Waals surface area contributed by atoms with Crippen molar-refractivity contribution < 1.29 is 13.9 Å². The minimum Gasteiger partial charge on any atom is -0.497 e. The van der Waals surface area contributed by atoms with Crippen molar-refractivity contribution in [2.24, 2.45) is 0 Å². The summed E-state index contributed by atoms with van der Waals surface area (Å²) in [4.78, 5) is 12.2. The standard InChI is InChI=1S/C19H16ClNO3/c1-23-14-8-6-13(7-9-14)12-21-19(22)18-11-10-17(24-18)15-4-2-3-5-16(15)20/h2-11H,12H2,1H3,(H,21,22). The highest BCUT2D eigenvalue weighted by molar-refractivity contribution is 6.33. The smallest absolute Gasteiger partial charge is 0.287 e. The highest BCUT2D eigenvalue weighted by Crippen LogP contribution is 2.29. The lowest BCUT2D eigenvalue weighted by Crippen LogP contribution is -2.22. The van der Waals surface area contributed by atoms with Gasteiger partial charge in [0.05, 0.1) is 12.1 Å². The molecule has 122 valence electrons. The maximum atomic E-state index is 12.2. The molecule has 1 heterocycles. The Kier molecular flexibility index (Phi) is 4.87. The molecule has 5 heteroatoms. The van der Waals surface area contributed by atoms with Crippen LogP contribution in [-0.2, 0) is 6.54 Å². The van der Waals surface area contributed by atoms with Crippen molar-refractivity contribution in [3.63, 3.8) is 0 Å². The third-order valence-electron chi connectivity index (χ3n) is 3.58. The van der Waals surface area contributed by atoms with E-state index in [0.29, 0.717) is 17.3 Å². The molecule has 1 amide bonds.